The van der Waals surface area contributed by atoms with Crippen LogP contribution in [0.1, 0.15) is 24.0 Å². The normalized spacial score (nSPS) is 13.3. The first kappa shape index (κ1) is 20.0. The van der Waals surface area contributed by atoms with Gasteiger partial charge in [-0.25, -0.2) is 0 Å². The molecular weight excluding hydrogens is 376 g/mol. The van der Waals surface area contributed by atoms with E-state index in [9.17, 15) is 24.5 Å². The molecule has 0 aliphatic carbocycles. The van der Waals surface area contributed by atoms with Crippen molar-refractivity contribution in [1.29, 1.82) is 0 Å². The lowest BCUT2D eigenvalue weighted by molar-refractivity contribution is -0.384. The summed E-state index contributed by atoms with van der Waals surface area (Å²) >= 11 is 0. The second kappa shape index (κ2) is 8.09. The molecule has 0 radical (unpaired) electrons. The van der Waals surface area contributed by atoms with E-state index in [-0.39, 0.29) is 17.3 Å². The third-order valence-electron chi connectivity index (χ3n) is 4.62. The van der Waals surface area contributed by atoms with E-state index in [4.69, 9.17) is 0 Å². The molecule has 150 valence electrons. The van der Waals surface area contributed by atoms with Gasteiger partial charge in [0.2, 0.25) is 5.91 Å². The summed E-state index contributed by atoms with van der Waals surface area (Å²) in [6.45, 7) is 4.16. The summed E-state index contributed by atoms with van der Waals surface area (Å²) in [7, 11) is 0. The summed E-state index contributed by atoms with van der Waals surface area (Å²) in [5.41, 5.74) is 2.25. The molecule has 1 aliphatic rings. The first-order valence-electron chi connectivity index (χ1n) is 9.04. The Morgan fingerprint density at radius 1 is 1.07 bits per heavy atom. The number of amides is 3. The highest BCUT2D eigenvalue weighted by atomic mass is 16.6. The lowest BCUT2D eigenvalue weighted by atomic mass is 10.1. The van der Waals surface area contributed by atoms with E-state index in [0.29, 0.717) is 24.2 Å². The van der Waals surface area contributed by atoms with Gasteiger partial charge in [0, 0.05) is 30.4 Å². The van der Waals surface area contributed by atoms with E-state index in [1.54, 1.807) is 36.1 Å². The maximum Gasteiger partial charge on any atom is 0.314 e. The van der Waals surface area contributed by atoms with Gasteiger partial charge in [-0.3, -0.25) is 24.5 Å². The monoisotopic (exact) mass is 396 g/mol. The summed E-state index contributed by atoms with van der Waals surface area (Å²) in [5, 5.41) is 15.9. The smallest absolute Gasteiger partial charge is 0.314 e. The average Bonchev–Trinajstić information content (AvgIpc) is 3.08. The third kappa shape index (κ3) is 4.40. The number of nitro groups is 1. The summed E-state index contributed by atoms with van der Waals surface area (Å²) in [5.74, 6) is -1.92. The molecule has 2 aromatic rings. The van der Waals surface area contributed by atoms with Crippen LogP contribution in [0.5, 0.6) is 0 Å². The zero-order chi connectivity index (χ0) is 21.1. The number of nitrogens with one attached hydrogen (secondary N) is 2. The van der Waals surface area contributed by atoms with Gasteiger partial charge < -0.3 is 15.5 Å². The number of nitro benzene ring substituents is 1. The van der Waals surface area contributed by atoms with Crippen molar-refractivity contribution in [3.05, 3.63) is 57.6 Å². The van der Waals surface area contributed by atoms with Crippen molar-refractivity contribution in [3.8, 4) is 0 Å². The quantitative estimate of drug-likeness (QED) is 0.467. The van der Waals surface area contributed by atoms with Crippen LogP contribution in [-0.4, -0.2) is 29.2 Å². The van der Waals surface area contributed by atoms with Gasteiger partial charge >= 0.3 is 11.8 Å². The van der Waals surface area contributed by atoms with Gasteiger partial charge in [0.25, 0.3) is 5.69 Å². The first-order chi connectivity index (χ1) is 13.8. The molecule has 1 aliphatic heterocycles. The molecule has 9 nitrogen and oxygen atoms in total. The van der Waals surface area contributed by atoms with Gasteiger partial charge in [0.15, 0.2) is 0 Å². The molecule has 1 heterocycles. The summed E-state index contributed by atoms with van der Waals surface area (Å²) in [4.78, 5) is 48.5. The molecule has 29 heavy (non-hydrogen) atoms. The van der Waals surface area contributed by atoms with E-state index in [1.165, 1.54) is 12.1 Å². The lowest BCUT2D eigenvalue weighted by Gasteiger charge is -2.19. The second-order valence-corrected chi connectivity index (χ2v) is 6.84. The number of nitrogens with zero attached hydrogens (tertiary/aromatic N) is 2. The van der Waals surface area contributed by atoms with Crippen molar-refractivity contribution in [1.82, 2.24) is 0 Å². The summed E-state index contributed by atoms with van der Waals surface area (Å²) in [6, 6.07) is 9.28. The molecule has 2 N–H and O–H groups in total. The molecule has 3 rings (SSSR count). The highest BCUT2D eigenvalue weighted by molar-refractivity contribution is 6.43. The molecule has 1 saturated heterocycles. The zero-order valence-corrected chi connectivity index (χ0v) is 16.0. The standard InChI is InChI=1S/C20H20N4O5/c1-12-5-7-15(17(10-12)24(28)29)22-20(27)19(26)21-14-6-8-16(13(2)11-14)23-9-3-4-18(23)25/h5-8,10-11H,3-4,9H2,1-2H3,(H,21,26)(H,22,27). The maximum absolute atomic E-state index is 12.2. The van der Waals surface area contributed by atoms with Gasteiger partial charge in [-0.2, -0.15) is 0 Å². The van der Waals surface area contributed by atoms with Gasteiger partial charge in [-0.15, -0.1) is 0 Å². The Hall–Kier alpha value is -3.75. The molecule has 0 spiro atoms. The predicted molar refractivity (Wildman–Crippen MR) is 108 cm³/mol. The first-order valence-corrected chi connectivity index (χ1v) is 9.04. The van der Waals surface area contributed by atoms with Crippen molar-refractivity contribution in [2.75, 3.05) is 22.1 Å². The number of benzene rings is 2. The Balaban J connectivity index is 1.70. The number of aryl methyl sites for hydroxylation is 2. The molecule has 2 aromatic carbocycles. The van der Waals surface area contributed by atoms with Crippen LogP contribution in [0.15, 0.2) is 36.4 Å². The molecule has 0 bridgehead atoms. The number of hydrogen-bond acceptors (Lipinski definition) is 5. The minimum Gasteiger partial charge on any atom is -0.318 e. The number of anilines is 3. The topological polar surface area (TPSA) is 122 Å². The Bertz CT molecular complexity index is 1020. The highest BCUT2D eigenvalue weighted by Gasteiger charge is 2.24. The van der Waals surface area contributed by atoms with E-state index in [0.717, 1.165) is 17.7 Å². The molecule has 3 amide bonds. The fraction of sp³-hybridized carbons (Fsp3) is 0.250. The Morgan fingerprint density at radius 3 is 2.41 bits per heavy atom. The molecule has 0 unspecified atom stereocenters. The number of carbonyl (C=O) groups excluding carboxylic acids is 3. The zero-order valence-electron chi connectivity index (χ0n) is 16.0. The molecular formula is C20H20N4O5. The predicted octanol–water partition coefficient (Wildman–Crippen LogP) is 2.92. The molecule has 1 fully saturated rings. The fourth-order valence-electron chi connectivity index (χ4n) is 3.20. The van der Waals surface area contributed by atoms with Crippen LogP contribution in [-0.2, 0) is 14.4 Å². The van der Waals surface area contributed by atoms with Crippen LogP contribution in [0.4, 0.5) is 22.7 Å². The average molecular weight is 396 g/mol. The van der Waals surface area contributed by atoms with Crippen molar-refractivity contribution in [2.45, 2.75) is 26.7 Å². The second-order valence-electron chi connectivity index (χ2n) is 6.84. The highest BCUT2D eigenvalue weighted by Crippen LogP contribution is 2.28. The molecule has 0 atom stereocenters. The molecule has 0 aromatic heterocycles. The largest absolute Gasteiger partial charge is 0.318 e. The van der Waals surface area contributed by atoms with Crippen LogP contribution < -0.4 is 15.5 Å². The van der Waals surface area contributed by atoms with Crippen molar-refractivity contribution in [3.63, 3.8) is 0 Å². The lowest BCUT2D eigenvalue weighted by Crippen LogP contribution is -2.29. The van der Waals surface area contributed by atoms with Crippen LogP contribution in [0, 0.1) is 24.0 Å². The summed E-state index contributed by atoms with van der Waals surface area (Å²) in [6.07, 6.45) is 1.32. The van der Waals surface area contributed by atoms with Crippen LogP contribution in [0.3, 0.4) is 0 Å². The van der Waals surface area contributed by atoms with Gasteiger partial charge in [0.1, 0.15) is 5.69 Å². The van der Waals surface area contributed by atoms with Crippen LogP contribution in [0.25, 0.3) is 0 Å². The van der Waals surface area contributed by atoms with Crippen molar-refractivity contribution >= 4 is 40.5 Å². The Morgan fingerprint density at radius 2 is 1.79 bits per heavy atom. The SMILES string of the molecule is Cc1ccc(NC(=O)C(=O)Nc2ccc(N3CCCC3=O)c(C)c2)c([N+](=O)[O-])c1. The molecule has 0 saturated carbocycles. The van der Waals surface area contributed by atoms with E-state index in [2.05, 4.69) is 10.6 Å². The Kier molecular flexibility index (Phi) is 5.58. The van der Waals surface area contributed by atoms with Gasteiger partial charge in [0.05, 0.1) is 4.92 Å². The number of hydrogen-bond donors (Lipinski definition) is 2. The van der Waals surface area contributed by atoms with Gasteiger partial charge in [-0.05, 0) is 55.7 Å². The summed E-state index contributed by atoms with van der Waals surface area (Å²) < 4.78 is 0. The van der Waals surface area contributed by atoms with Crippen molar-refractivity contribution < 1.29 is 19.3 Å². The van der Waals surface area contributed by atoms with Crippen molar-refractivity contribution in [2.24, 2.45) is 0 Å². The third-order valence-corrected chi connectivity index (χ3v) is 4.62. The minimum atomic E-state index is -1.02. The molecule has 9 heteroatoms. The minimum absolute atomic E-state index is 0.0557. The van der Waals surface area contributed by atoms with E-state index < -0.39 is 16.7 Å². The van der Waals surface area contributed by atoms with E-state index >= 15 is 0 Å². The van der Waals surface area contributed by atoms with Crippen LogP contribution >= 0.6 is 0 Å². The Labute approximate surface area is 166 Å². The van der Waals surface area contributed by atoms with Gasteiger partial charge in [-0.1, -0.05) is 6.07 Å². The fourth-order valence-corrected chi connectivity index (χ4v) is 3.20. The number of carbonyl (C=O) groups is 3. The van der Waals surface area contributed by atoms with Crippen LogP contribution in [0.2, 0.25) is 0 Å². The van der Waals surface area contributed by atoms with E-state index in [1.807, 2.05) is 6.92 Å². The maximum atomic E-state index is 12.2. The number of rotatable bonds is 4.